The van der Waals surface area contributed by atoms with Gasteiger partial charge < -0.3 is 0 Å². The monoisotopic (exact) mass is 226 g/mol. The molecule has 0 fully saturated rings. The van der Waals surface area contributed by atoms with Gasteiger partial charge in [-0.2, -0.15) is 0 Å². The number of hydrogen-bond donors (Lipinski definition) is 0. The summed E-state index contributed by atoms with van der Waals surface area (Å²) in [6.45, 7) is -0.911. The zero-order valence-electron chi connectivity index (χ0n) is 7.65. The van der Waals surface area contributed by atoms with Gasteiger partial charge in [0.15, 0.2) is 0 Å². The molecule has 0 atom stereocenters. The maximum atomic E-state index is 13.1. The Kier molecular flexibility index (Phi) is 2.89. The minimum absolute atomic E-state index is 0.304. The lowest BCUT2D eigenvalue weighted by atomic mass is 9.86. The first kappa shape index (κ1) is 13.5. The van der Waals surface area contributed by atoms with E-state index in [2.05, 4.69) is 0 Å². The summed E-state index contributed by atoms with van der Waals surface area (Å²) in [5.74, 6) is -14.5. The highest BCUT2D eigenvalue weighted by atomic mass is 19.3. The van der Waals surface area contributed by atoms with Gasteiger partial charge in [0.1, 0.15) is 0 Å². The van der Waals surface area contributed by atoms with Crippen molar-refractivity contribution in [3.8, 4) is 0 Å². The third kappa shape index (κ3) is 1.81. The Morgan fingerprint density at radius 3 is 0.643 bits per heavy atom. The van der Waals surface area contributed by atoms with Crippen LogP contribution in [-0.2, 0) is 0 Å². The summed E-state index contributed by atoms with van der Waals surface area (Å²) < 4.78 is 87.6. The summed E-state index contributed by atoms with van der Waals surface area (Å²) in [6, 6.07) is 0. The van der Waals surface area contributed by atoms with Crippen LogP contribution in [0.1, 0.15) is 20.8 Å². The maximum Gasteiger partial charge on any atom is 0.297 e. The first-order valence-electron chi connectivity index (χ1n) is 3.57. The van der Waals surface area contributed by atoms with Gasteiger partial charge in [0.05, 0.1) is 0 Å². The molecule has 0 saturated carbocycles. The summed E-state index contributed by atoms with van der Waals surface area (Å²) >= 11 is 0. The van der Waals surface area contributed by atoms with Crippen molar-refractivity contribution in [3.63, 3.8) is 0 Å². The van der Waals surface area contributed by atoms with Crippen molar-refractivity contribution in [2.24, 2.45) is 0 Å². The van der Waals surface area contributed by atoms with Gasteiger partial charge in [-0.05, 0) is 0 Å². The van der Waals surface area contributed by atoms with Gasteiger partial charge in [0.2, 0.25) is 0 Å². The van der Waals surface area contributed by atoms with Crippen LogP contribution in [0.4, 0.5) is 30.7 Å². The summed E-state index contributed by atoms with van der Waals surface area (Å²) in [7, 11) is 0. The lowest BCUT2D eigenvalue weighted by Gasteiger charge is -2.39. The predicted molar refractivity (Wildman–Crippen MR) is 35.7 cm³/mol. The Bertz CT molecular complexity index is 168. The standard InChI is InChI=1S/C7H9F7/c1-4(8,9)7(14,5(2,10)11)6(3,12)13/h1-3H3. The van der Waals surface area contributed by atoms with Crippen LogP contribution in [0.25, 0.3) is 0 Å². The topological polar surface area (TPSA) is 0 Å². The van der Waals surface area contributed by atoms with Gasteiger partial charge in [0.25, 0.3) is 23.4 Å². The van der Waals surface area contributed by atoms with E-state index in [0.29, 0.717) is 0 Å². The predicted octanol–water partition coefficient (Wildman–Crippen LogP) is 3.66. The van der Waals surface area contributed by atoms with Crippen LogP contribution in [0.15, 0.2) is 0 Å². The molecule has 0 unspecified atom stereocenters. The number of halogens is 7. The van der Waals surface area contributed by atoms with Gasteiger partial charge >= 0.3 is 0 Å². The van der Waals surface area contributed by atoms with E-state index in [1.807, 2.05) is 0 Å². The molecular formula is C7H9F7. The molecule has 14 heavy (non-hydrogen) atoms. The first-order chi connectivity index (χ1) is 5.75. The smallest absolute Gasteiger partial charge is 0.224 e. The Labute approximate surface area is 76.1 Å². The van der Waals surface area contributed by atoms with Crippen molar-refractivity contribution in [1.82, 2.24) is 0 Å². The second-order valence-corrected chi connectivity index (χ2v) is 3.32. The average molecular weight is 226 g/mol. The third-order valence-corrected chi connectivity index (χ3v) is 1.81. The van der Waals surface area contributed by atoms with Crippen LogP contribution >= 0.6 is 0 Å². The van der Waals surface area contributed by atoms with E-state index < -0.39 is 23.4 Å². The van der Waals surface area contributed by atoms with E-state index >= 15 is 0 Å². The Hall–Kier alpha value is -0.490. The molecule has 0 spiro atoms. The molecule has 0 aliphatic rings. The van der Waals surface area contributed by atoms with Gasteiger partial charge in [0, 0.05) is 20.8 Å². The molecule has 0 bridgehead atoms. The van der Waals surface area contributed by atoms with E-state index in [1.54, 1.807) is 0 Å². The Balaban J connectivity index is 5.54. The highest BCUT2D eigenvalue weighted by molar-refractivity contribution is 5.07. The molecule has 0 N–H and O–H groups in total. The first-order valence-corrected chi connectivity index (χ1v) is 3.57. The quantitative estimate of drug-likeness (QED) is 0.644. The van der Waals surface area contributed by atoms with Crippen LogP contribution in [-0.4, -0.2) is 23.4 Å². The Morgan fingerprint density at radius 1 is 0.500 bits per heavy atom. The molecule has 0 aromatic rings. The minimum atomic E-state index is -5.19. The van der Waals surface area contributed by atoms with Crippen molar-refractivity contribution < 1.29 is 30.7 Å². The molecule has 0 aliphatic heterocycles. The van der Waals surface area contributed by atoms with E-state index in [1.165, 1.54) is 0 Å². The number of rotatable bonds is 3. The normalized spacial score (nSPS) is 15.9. The fourth-order valence-corrected chi connectivity index (χ4v) is 1.16. The van der Waals surface area contributed by atoms with Crippen molar-refractivity contribution in [3.05, 3.63) is 0 Å². The minimum Gasteiger partial charge on any atom is -0.224 e. The van der Waals surface area contributed by atoms with E-state index in [4.69, 9.17) is 0 Å². The highest BCUT2D eigenvalue weighted by Gasteiger charge is 2.76. The molecule has 0 aromatic heterocycles. The largest absolute Gasteiger partial charge is 0.297 e. The summed E-state index contributed by atoms with van der Waals surface area (Å²) in [5.41, 5.74) is -5.19. The van der Waals surface area contributed by atoms with Crippen LogP contribution in [0.3, 0.4) is 0 Å². The van der Waals surface area contributed by atoms with Crippen LogP contribution in [0.2, 0.25) is 0 Å². The molecule has 86 valence electrons. The second kappa shape index (κ2) is 3.00. The van der Waals surface area contributed by atoms with Gasteiger partial charge in [-0.15, -0.1) is 0 Å². The molecule has 0 rings (SSSR count). The zero-order chi connectivity index (χ0) is 12.0. The molecular weight excluding hydrogens is 217 g/mol. The lowest BCUT2D eigenvalue weighted by molar-refractivity contribution is -0.311. The number of hydrogen-bond acceptors (Lipinski definition) is 0. The van der Waals surface area contributed by atoms with Crippen LogP contribution < -0.4 is 0 Å². The fraction of sp³-hybridized carbons (Fsp3) is 1.00. The summed E-state index contributed by atoms with van der Waals surface area (Å²) in [6.07, 6.45) is 0. The molecule has 0 nitrogen and oxygen atoms in total. The molecule has 7 heteroatoms. The zero-order valence-corrected chi connectivity index (χ0v) is 7.65. The molecule has 0 aliphatic carbocycles. The van der Waals surface area contributed by atoms with Gasteiger partial charge in [-0.3, -0.25) is 0 Å². The van der Waals surface area contributed by atoms with E-state index in [9.17, 15) is 30.7 Å². The second-order valence-electron chi connectivity index (χ2n) is 3.32. The molecule has 0 heterocycles. The van der Waals surface area contributed by atoms with E-state index in [-0.39, 0.29) is 20.8 Å². The third-order valence-electron chi connectivity index (χ3n) is 1.81. The Morgan fingerprint density at radius 2 is 0.643 bits per heavy atom. The van der Waals surface area contributed by atoms with Crippen molar-refractivity contribution in [1.29, 1.82) is 0 Å². The van der Waals surface area contributed by atoms with Gasteiger partial charge in [-0.25, -0.2) is 30.7 Å². The highest BCUT2D eigenvalue weighted by Crippen LogP contribution is 2.52. The number of alkyl halides is 7. The van der Waals surface area contributed by atoms with E-state index in [0.717, 1.165) is 0 Å². The van der Waals surface area contributed by atoms with Crippen LogP contribution in [0, 0.1) is 0 Å². The lowest BCUT2D eigenvalue weighted by Crippen LogP contribution is -2.64. The maximum absolute atomic E-state index is 13.1. The van der Waals surface area contributed by atoms with Crippen molar-refractivity contribution in [2.75, 3.05) is 0 Å². The molecule has 0 amide bonds. The van der Waals surface area contributed by atoms with Gasteiger partial charge in [-0.1, -0.05) is 0 Å². The van der Waals surface area contributed by atoms with Crippen LogP contribution in [0.5, 0.6) is 0 Å². The van der Waals surface area contributed by atoms with Crippen molar-refractivity contribution in [2.45, 2.75) is 44.2 Å². The fourth-order valence-electron chi connectivity index (χ4n) is 1.16. The molecule has 0 radical (unpaired) electrons. The summed E-state index contributed by atoms with van der Waals surface area (Å²) in [5, 5.41) is 0. The van der Waals surface area contributed by atoms with Crippen molar-refractivity contribution >= 4 is 0 Å². The molecule has 0 aromatic carbocycles. The average Bonchev–Trinajstić information content (AvgIpc) is 1.77. The molecule has 0 saturated heterocycles. The summed E-state index contributed by atoms with van der Waals surface area (Å²) in [4.78, 5) is 0. The SMILES string of the molecule is CC(F)(F)C(F)(C(C)(F)F)C(C)(F)F.